The van der Waals surface area contributed by atoms with E-state index in [9.17, 15) is 29.1 Å². The maximum Gasteiger partial charge on any atom is 0.359 e. The van der Waals surface area contributed by atoms with Gasteiger partial charge in [-0.1, -0.05) is 39.8 Å². The minimum Gasteiger partial charge on any atom is -0.509 e. The van der Waals surface area contributed by atoms with Crippen LogP contribution in [0.3, 0.4) is 0 Å². The van der Waals surface area contributed by atoms with Gasteiger partial charge in [0, 0.05) is 0 Å². The van der Waals surface area contributed by atoms with E-state index in [-0.39, 0.29) is 16.5 Å². The van der Waals surface area contributed by atoms with Gasteiger partial charge < -0.3 is 9.84 Å². The van der Waals surface area contributed by atoms with Crippen LogP contribution in [0.5, 0.6) is 0 Å². The van der Waals surface area contributed by atoms with E-state index >= 15 is 0 Å². The Kier molecular flexibility index (Phi) is 6.28. The summed E-state index contributed by atoms with van der Waals surface area (Å²) in [6.45, 7) is 4.85. The van der Waals surface area contributed by atoms with Crippen molar-refractivity contribution in [1.29, 1.82) is 0 Å². The van der Waals surface area contributed by atoms with Gasteiger partial charge in [0.1, 0.15) is 22.8 Å². The molecule has 164 valence electrons. The fourth-order valence-corrected chi connectivity index (χ4v) is 4.42. The first-order valence-electron chi connectivity index (χ1n) is 9.14. The molecule has 1 aromatic carbocycles. The number of aliphatic hydroxyl groups is 1. The molecule has 1 saturated heterocycles. The Labute approximate surface area is 190 Å². The Hall–Kier alpha value is -2.66. The minimum absolute atomic E-state index is 0.153. The number of rotatable bonds is 6. The number of thioether (sulfide) groups is 1. The van der Waals surface area contributed by atoms with Gasteiger partial charge in [-0.15, -0.1) is 0 Å². The van der Waals surface area contributed by atoms with E-state index in [0.29, 0.717) is 17.4 Å². The summed E-state index contributed by atoms with van der Waals surface area (Å²) in [4.78, 5) is 64.4. The summed E-state index contributed by atoms with van der Waals surface area (Å²) in [6.07, 6.45) is 0. The number of carbonyl (C=O) groups excluding carboxylic acids is 5. The number of hydrogen-bond acceptors (Lipinski definition) is 8. The highest BCUT2D eigenvalue weighted by atomic mass is 79.9. The Bertz CT molecular complexity index is 982. The number of hydrogen-bond donors (Lipinski definition) is 1. The fourth-order valence-electron chi connectivity index (χ4n) is 3.32. The van der Waals surface area contributed by atoms with E-state index in [4.69, 9.17) is 4.74 Å². The van der Waals surface area contributed by atoms with Crippen molar-refractivity contribution in [1.82, 2.24) is 9.80 Å². The molecule has 2 aliphatic rings. The zero-order valence-electron chi connectivity index (χ0n) is 16.8. The van der Waals surface area contributed by atoms with Gasteiger partial charge in [-0.3, -0.25) is 29.0 Å². The summed E-state index contributed by atoms with van der Waals surface area (Å²) in [5.74, 6) is -3.58. The second-order valence-corrected chi connectivity index (χ2v) is 9.24. The molecule has 11 heteroatoms. The summed E-state index contributed by atoms with van der Waals surface area (Å²) in [5.41, 5.74) is -0.630. The largest absolute Gasteiger partial charge is 0.509 e. The lowest BCUT2D eigenvalue weighted by atomic mass is 10.0. The van der Waals surface area contributed by atoms with Crippen LogP contribution in [-0.2, 0) is 19.1 Å². The molecule has 31 heavy (non-hydrogen) atoms. The Morgan fingerprint density at radius 2 is 1.74 bits per heavy atom. The lowest BCUT2D eigenvalue weighted by Crippen LogP contribution is -2.70. The van der Waals surface area contributed by atoms with Gasteiger partial charge in [0.25, 0.3) is 17.7 Å². The molecule has 2 heterocycles. The van der Waals surface area contributed by atoms with Crippen LogP contribution in [-0.4, -0.2) is 66.6 Å². The molecule has 0 spiro atoms. The lowest BCUT2D eigenvalue weighted by molar-refractivity contribution is -0.160. The number of β-lactam (4-membered cyclic amide) rings is 1. The summed E-state index contributed by atoms with van der Waals surface area (Å²) in [7, 11) is 0. The summed E-state index contributed by atoms with van der Waals surface area (Å²) >= 11 is 3.64. The molecule has 9 nitrogen and oxygen atoms in total. The lowest BCUT2D eigenvalue weighted by Gasteiger charge is -2.48. The Morgan fingerprint density at radius 3 is 2.19 bits per heavy atom. The third-order valence-corrected chi connectivity index (χ3v) is 5.94. The first kappa shape index (κ1) is 23.0. The quantitative estimate of drug-likeness (QED) is 0.117. The molecule has 2 unspecified atom stereocenters. The first-order valence-corrected chi connectivity index (χ1v) is 11.2. The molecular formula is C20H19BrN2O7S. The summed E-state index contributed by atoms with van der Waals surface area (Å²) in [6, 6.07) is 4.82. The minimum atomic E-state index is -1.32. The van der Waals surface area contributed by atoms with Crippen molar-refractivity contribution in [2.75, 3.05) is 5.33 Å². The SMILES string of the molecule is CC(C)(C)OC(=O)/C(=C(\O)CBr)N1C(=O)C(N2C(=O)c3ccccc3C2=O)C1SC=O. The molecule has 0 radical (unpaired) electrons. The number of alkyl halides is 1. The number of nitrogens with zero attached hydrogens (tertiary/aromatic N) is 2. The molecular weight excluding hydrogens is 492 g/mol. The highest BCUT2D eigenvalue weighted by Gasteiger charge is 2.59. The smallest absolute Gasteiger partial charge is 0.359 e. The van der Waals surface area contributed by atoms with E-state index in [1.807, 2.05) is 0 Å². The molecule has 1 aromatic rings. The maximum absolute atomic E-state index is 13.1. The van der Waals surface area contributed by atoms with Crippen LogP contribution < -0.4 is 0 Å². The van der Waals surface area contributed by atoms with Crippen LogP contribution in [0.2, 0.25) is 0 Å². The predicted molar refractivity (Wildman–Crippen MR) is 115 cm³/mol. The highest BCUT2D eigenvalue weighted by molar-refractivity contribution is 9.09. The number of fused-ring (bicyclic) bond motifs is 1. The van der Waals surface area contributed by atoms with Crippen LogP contribution in [0.25, 0.3) is 0 Å². The molecule has 2 atom stereocenters. The van der Waals surface area contributed by atoms with Crippen molar-refractivity contribution >= 4 is 57.0 Å². The summed E-state index contributed by atoms with van der Waals surface area (Å²) < 4.78 is 5.29. The number of allylic oxidation sites excluding steroid dienone is 1. The van der Waals surface area contributed by atoms with Crippen molar-refractivity contribution < 1.29 is 33.8 Å². The molecule has 3 rings (SSSR count). The number of aliphatic hydroxyl groups excluding tert-OH is 1. The van der Waals surface area contributed by atoms with Crippen molar-refractivity contribution in [2.24, 2.45) is 0 Å². The Balaban J connectivity index is 1.99. The molecule has 0 bridgehead atoms. The monoisotopic (exact) mass is 510 g/mol. The molecule has 3 amide bonds. The van der Waals surface area contributed by atoms with Gasteiger partial charge in [0.05, 0.1) is 16.5 Å². The van der Waals surface area contributed by atoms with Crippen LogP contribution in [0, 0.1) is 0 Å². The summed E-state index contributed by atoms with van der Waals surface area (Å²) in [5, 5.41) is 9.05. The number of carbonyl (C=O) groups is 5. The first-order chi connectivity index (χ1) is 14.5. The number of amides is 3. The zero-order chi connectivity index (χ0) is 23.1. The third-order valence-electron chi connectivity index (χ3n) is 4.55. The van der Waals surface area contributed by atoms with Gasteiger partial charge in [0.15, 0.2) is 11.3 Å². The number of ether oxygens (including phenoxy) is 1. The topological polar surface area (TPSA) is 121 Å². The van der Waals surface area contributed by atoms with Crippen LogP contribution >= 0.6 is 27.7 Å². The predicted octanol–water partition coefficient (Wildman–Crippen LogP) is 2.25. The van der Waals surface area contributed by atoms with Gasteiger partial charge in [-0.05, 0) is 32.9 Å². The van der Waals surface area contributed by atoms with E-state index in [2.05, 4.69) is 15.9 Å². The Morgan fingerprint density at radius 1 is 1.19 bits per heavy atom. The zero-order valence-corrected chi connectivity index (χ0v) is 19.2. The van der Waals surface area contributed by atoms with Crippen molar-refractivity contribution in [3.05, 3.63) is 46.8 Å². The van der Waals surface area contributed by atoms with E-state index in [1.54, 1.807) is 32.9 Å². The third kappa shape index (κ3) is 3.99. The van der Waals surface area contributed by atoms with Crippen LogP contribution in [0.4, 0.5) is 0 Å². The van der Waals surface area contributed by atoms with Gasteiger partial charge >= 0.3 is 5.97 Å². The fraction of sp³-hybridized carbons (Fsp3) is 0.350. The van der Waals surface area contributed by atoms with Gasteiger partial charge in [-0.2, -0.15) is 0 Å². The molecule has 0 aliphatic carbocycles. The van der Waals surface area contributed by atoms with Gasteiger partial charge in [0.2, 0.25) is 0 Å². The van der Waals surface area contributed by atoms with E-state index < -0.39 is 52.2 Å². The van der Waals surface area contributed by atoms with Crippen LogP contribution in [0.1, 0.15) is 41.5 Å². The number of imide groups is 1. The number of likely N-dealkylation sites (tertiary alicyclic amines) is 1. The molecule has 2 aliphatic heterocycles. The molecule has 0 aromatic heterocycles. The normalized spacial score (nSPS) is 21.5. The average Bonchev–Trinajstić information content (AvgIpc) is 2.95. The number of benzene rings is 1. The van der Waals surface area contributed by atoms with Crippen molar-refractivity contribution in [2.45, 2.75) is 37.8 Å². The second-order valence-electron chi connectivity index (χ2n) is 7.73. The number of halogens is 1. The van der Waals surface area contributed by atoms with E-state index in [0.717, 1.165) is 9.80 Å². The molecule has 0 saturated carbocycles. The average molecular weight is 511 g/mol. The van der Waals surface area contributed by atoms with E-state index in [1.165, 1.54) is 12.1 Å². The van der Waals surface area contributed by atoms with Crippen molar-refractivity contribution in [3.8, 4) is 0 Å². The standard InChI is InChI=1S/C20H19BrN2O7S/c1-20(2,3)30-19(29)13(12(25)8-21)23-17(28)14(18(23)31-9-24)22-15(26)10-6-4-5-7-11(10)16(22)27/h4-7,9,14,18,25H,8H2,1-3H3/b13-12+. The second kappa shape index (κ2) is 8.46. The maximum atomic E-state index is 13.1. The number of esters is 1. The molecule has 1 N–H and O–H groups in total. The highest BCUT2D eigenvalue weighted by Crippen LogP contribution is 2.40. The van der Waals surface area contributed by atoms with Crippen LogP contribution in [0.15, 0.2) is 35.7 Å². The molecule has 1 fully saturated rings. The van der Waals surface area contributed by atoms with Gasteiger partial charge in [-0.25, -0.2) is 4.79 Å². The van der Waals surface area contributed by atoms with Crippen molar-refractivity contribution in [3.63, 3.8) is 0 Å².